The van der Waals surface area contributed by atoms with Gasteiger partial charge in [0.1, 0.15) is 5.69 Å². The van der Waals surface area contributed by atoms with Gasteiger partial charge in [0.15, 0.2) is 0 Å². The van der Waals surface area contributed by atoms with Crippen molar-refractivity contribution in [1.82, 2.24) is 14.9 Å². The van der Waals surface area contributed by atoms with Crippen molar-refractivity contribution in [3.63, 3.8) is 0 Å². The SMILES string of the molecule is Cc1cnc(C(=O)N2CCC(C)C2CO)cn1. The monoisotopic (exact) mass is 235 g/mol. The van der Waals surface area contributed by atoms with E-state index in [1.807, 2.05) is 6.92 Å². The van der Waals surface area contributed by atoms with Gasteiger partial charge < -0.3 is 10.0 Å². The number of aliphatic hydroxyl groups is 1. The Bertz CT molecular complexity index is 405. The third kappa shape index (κ3) is 2.29. The number of aliphatic hydroxyl groups excluding tert-OH is 1. The minimum atomic E-state index is -0.138. The first kappa shape index (κ1) is 12.0. The Morgan fingerprint density at radius 2 is 2.29 bits per heavy atom. The Morgan fingerprint density at radius 3 is 2.88 bits per heavy atom. The lowest BCUT2D eigenvalue weighted by molar-refractivity contribution is 0.0642. The van der Waals surface area contributed by atoms with Crippen LogP contribution in [0.3, 0.4) is 0 Å². The van der Waals surface area contributed by atoms with E-state index in [0.29, 0.717) is 18.2 Å². The second-order valence-electron chi connectivity index (χ2n) is 4.56. The van der Waals surface area contributed by atoms with Crippen LogP contribution in [-0.2, 0) is 0 Å². The molecule has 17 heavy (non-hydrogen) atoms. The topological polar surface area (TPSA) is 66.3 Å². The van der Waals surface area contributed by atoms with Crippen molar-refractivity contribution in [2.75, 3.05) is 13.2 Å². The third-order valence-electron chi connectivity index (χ3n) is 3.33. The molecule has 1 aromatic rings. The van der Waals surface area contributed by atoms with Crippen LogP contribution in [0.4, 0.5) is 0 Å². The van der Waals surface area contributed by atoms with Crippen molar-refractivity contribution in [1.29, 1.82) is 0 Å². The second-order valence-corrected chi connectivity index (χ2v) is 4.56. The number of amides is 1. The van der Waals surface area contributed by atoms with Crippen LogP contribution in [0.1, 0.15) is 29.5 Å². The van der Waals surface area contributed by atoms with Gasteiger partial charge in [-0.3, -0.25) is 9.78 Å². The molecule has 1 aliphatic heterocycles. The van der Waals surface area contributed by atoms with Gasteiger partial charge in [-0.2, -0.15) is 0 Å². The molecular formula is C12H17N3O2. The second kappa shape index (κ2) is 4.79. The largest absolute Gasteiger partial charge is 0.394 e. The molecular weight excluding hydrogens is 218 g/mol. The van der Waals surface area contributed by atoms with Gasteiger partial charge in [-0.1, -0.05) is 6.92 Å². The molecule has 5 nitrogen and oxygen atoms in total. The maximum Gasteiger partial charge on any atom is 0.274 e. The normalized spacial score (nSPS) is 24.1. The maximum absolute atomic E-state index is 12.2. The fourth-order valence-electron chi connectivity index (χ4n) is 2.19. The van der Waals surface area contributed by atoms with E-state index < -0.39 is 0 Å². The molecule has 1 fully saturated rings. The summed E-state index contributed by atoms with van der Waals surface area (Å²) in [6, 6.07) is -0.0920. The highest BCUT2D eigenvalue weighted by Gasteiger charge is 2.34. The molecule has 2 rings (SSSR count). The first-order valence-electron chi connectivity index (χ1n) is 5.84. The van der Waals surface area contributed by atoms with Crippen LogP contribution in [0.15, 0.2) is 12.4 Å². The van der Waals surface area contributed by atoms with Gasteiger partial charge in [-0.25, -0.2) is 4.98 Å². The lowest BCUT2D eigenvalue weighted by Crippen LogP contribution is -2.40. The van der Waals surface area contributed by atoms with Crippen LogP contribution in [-0.4, -0.2) is 45.1 Å². The van der Waals surface area contributed by atoms with Crippen molar-refractivity contribution in [2.24, 2.45) is 5.92 Å². The summed E-state index contributed by atoms with van der Waals surface area (Å²) in [7, 11) is 0. The molecule has 2 heterocycles. The Kier molecular flexibility index (Phi) is 3.38. The molecule has 0 saturated carbocycles. The smallest absolute Gasteiger partial charge is 0.274 e. The summed E-state index contributed by atoms with van der Waals surface area (Å²) in [5.74, 6) is 0.197. The van der Waals surface area contributed by atoms with E-state index in [-0.39, 0.29) is 18.6 Å². The summed E-state index contributed by atoms with van der Waals surface area (Å²) >= 11 is 0. The molecule has 1 N–H and O–H groups in total. The zero-order valence-electron chi connectivity index (χ0n) is 10.1. The number of rotatable bonds is 2. The predicted octanol–water partition coefficient (Wildman–Crippen LogP) is 0.628. The zero-order valence-corrected chi connectivity index (χ0v) is 10.1. The Hall–Kier alpha value is -1.49. The number of carbonyl (C=O) groups excluding carboxylic acids is 1. The molecule has 1 aliphatic rings. The average molecular weight is 235 g/mol. The fraction of sp³-hybridized carbons (Fsp3) is 0.583. The van der Waals surface area contributed by atoms with E-state index in [4.69, 9.17) is 0 Å². The first-order chi connectivity index (χ1) is 8.13. The maximum atomic E-state index is 12.2. The molecule has 1 saturated heterocycles. The molecule has 5 heteroatoms. The van der Waals surface area contributed by atoms with Crippen LogP contribution in [0, 0.1) is 12.8 Å². The molecule has 0 aliphatic carbocycles. The Morgan fingerprint density at radius 1 is 1.53 bits per heavy atom. The van der Waals surface area contributed by atoms with Gasteiger partial charge in [0, 0.05) is 12.7 Å². The van der Waals surface area contributed by atoms with Gasteiger partial charge in [-0.05, 0) is 19.3 Å². The number of aromatic nitrogens is 2. The van der Waals surface area contributed by atoms with E-state index in [2.05, 4.69) is 16.9 Å². The molecule has 1 amide bonds. The minimum Gasteiger partial charge on any atom is -0.394 e. The summed E-state index contributed by atoms with van der Waals surface area (Å²) in [5, 5.41) is 9.32. The molecule has 0 bridgehead atoms. The van der Waals surface area contributed by atoms with E-state index in [1.54, 1.807) is 11.1 Å². The van der Waals surface area contributed by atoms with Gasteiger partial charge in [0.05, 0.1) is 24.5 Å². The van der Waals surface area contributed by atoms with Crippen molar-refractivity contribution in [3.8, 4) is 0 Å². The number of aryl methyl sites for hydroxylation is 1. The summed E-state index contributed by atoms with van der Waals surface area (Å²) < 4.78 is 0. The summed E-state index contributed by atoms with van der Waals surface area (Å²) in [5.41, 5.74) is 1.14. The van der Waals surface area contributed by atoms with E-state index in [0.717, 1.165) is 12.1 Å². The van der Waals surface area contributed by atoms with Gasteiger partial charge >= 0.3 is 0 Å². The van der Waals surface area contributed by atoms with Crippen molar-refractivity contribution in [3.05, 3.63) is 23.8 Å². The molecule has 0 radical (unpaired) electrons. The van der Waals surface area contributed by atoms with E-state index >= 15 is 0 Å². The summed E-state index contributed by atoms with van der Waals surface area (Å²) in [6.45, 7) is 4.57. The van der Waals surface area contributed by atoms with Crippen molar-refractivity contribution in [2.45, 2.75) is 26.3 Å². The minimum absolute atomic E-state index is 0.00615. The van der Waals surface area contributed by atoms with Gasteiger partial charge in [-0.15, -0.1) is 0 Å². The first-order valence-corrected chi connectivity index (χ1v) is 5.84. The number of carbonyl (C=O) groups is 1. The lowest BCUT2D eigenvalue weighted by Gasteiger charge is -2.24. The third-order valence-corrected chi connectivity index (χ3v) is 3.33. The molecule has 2 atom stereocenters. The predicted molar refractivity (Wildman–Crippen MR) is 62.5 cm³/mol. The average Bonchev–Trinajstić information content (AvgIpc) is 2.70. The quantitative estimate of drug-likeness (QED) is 0.816. The Balaban J connectivity index is 2.17. The standard InChI is InChI=1S/C12H17N3O2/c1-8-3-4-15(11(8)7-16)12(17)10-6-13-9(2)5-14-10/h5-6,8,11,16H,3-4,7H2,1-2H3. The van der Waals surface area contributed by atoms with Crippen LogP contribution < -0.4 is 0 Å². The lowest BCUT2D eigenvalue weighted by atomic mass is 10.0. The molecule has 92 valence electrons. The van der Waals surface area contributed by atoms with Crippen molar-refractivity contribution < 1.29 is 9.90 Å². The highest BCUT2D eigenvalue weighted by Crippen LogP contribution is 2.24. The molecule has 1 aromatic heterocycles. The molecule has 2 unspecified atom stereocenters. The number of hydrogen-bond donors (Lipinski definition) is 1. The highest BCUT2D eigenvalue weighted by molar-refractivity contribution is 5.92. The number of likely N-dealkylation sites (tertiary alicyclic amines) is 1. The summed E-state index contributed by atoms with van der Waals surface area (Å²) in [4.78, 5) is 22.0. The number of nitrogens with zero attached hydrogens (tertiary/aromatic N) is 3. The van der Waals surface area contributed by atoms with Crippen LogP contribution in [0.25, 0.3) is 0 Å². The molecule has 0 aromatic carbocycles. The van der Waals surface area contributed by atoms with Gasteiger partial charge in [0.2, 0.25) is 0 Å². The highest BCUT2D eigenvalue weighted by atomic mass is 16.3. The van der Waals surface area contributed by atoms with Gasteiger partial charge in [0.25, 0.3) is 5.91 Å². The fourth-order valence-corrected chi connectivity index (χ4v) is 2.19. The van der Waals surface area contributed by atoms with Crippen LogP contribution in [0.5, 0.6) is 0 Å². The van der Waals surface area contributed by atoms with Crippen LogP contribution in [0.2, 0.25) is 0 Å². The Labute approximate surface area is 100 Å². The number of hydrogen-bond acceptors (Lipinski definition) is 4. The van der Waals surface area contributed by atoms with E-state index in [9.17, 15) is 9.90 Å². The zero-order chi connectivity index (χ0) is 12.4. The van der Waals surface area contributed by atoms with Crippen LogP contribution >= 0.6 is 0 Å². The molecule has 0 spiro atoms. The van der Waals surface area contributed by atoms with E-state index in [1.165, 1.54) is 6.20 Å². The van der Waals surface area contributed by atoms with Crippen molar-refractivity contribution >= 4 is 5.91 Å². The summed E-state index contributed by atoms with van der Waals surface area (Å²) in [6.07, 6.45) is 4.01.